The highest BCUT2D eigenvalue weighted by atomic mass is 16.5. The molecule has 1 heterocycles. The molecule has 0 saturated heterocycles. The van der Waals surface area contributed by atoms with E-state index in [2.05, 4.69) is 21.7 Å². The lowest BCUT2D eigenvalue weighted by Crippen LogP contribution is -2.35. The van der Waals surface area contributed by atoms with E-state index in [1.807, 2.05) is 29.0 Å². The second-order valence-electron chi connectivity index (χ2n) is 4.95. The van der Waals surface area contributed by atoms with Gasteiger partial charge in [-0.15, -0.1) is 0 Å². The van der Waals surface area contributed by atoms with Crippen LogP contribution >= 0.6 is 0 Å². The summed E-state index contributed by atoms with van der Waals surface area (Å²) < 4.78 is 6.92. The van der Waals surface area contributed by atoms with Crippen LogP contribution in [0, 0.1) is 0 Å². The third kappa shape index (κ3) is 5.31. The number of rotatable bonds is 9. The van der Waals surface area contributed by atoms with Crippen LogP contribution in [0.2, 0.25) is 0 Å². The molecule has 2 rings (SSSR count). The fraction of sp³-hybridized carbons (Fsp3) is 0.375. The molecular weight excluding hydrogens is 280 g/mol. The maximum atomic E-state index is 11.8. The molecule has 0 aliphatic heterocycles. The van der Waals surface area contributed by atoms with Crippen LogP contribution in [0.15, 0.2) is 43.0 Å². The number of aromatic nitrogens is 2. The molecule has 1 aromatic heterocycles. The summed E-state index contributed by atoms with van der Waals surface area (Å²) in [4.78, 5) is 15.8. The third-order valence-corrected chi connectivity index (χ3v) is 3.28. The minimum Gasteiger partial charge on any atom is -0.383 e. The van der Waals surface area contributed by atoms with Crippen LogP contribution in [0.25, 0.3) is 0 Å². The highest BCUT2D eigenvalue weighted by Crippen LogP contribution is 2.10. The van der Waals surface area contributed by atoms with Crippen LogP contribution in [-0.4, -0.2) is 42.3 Å². The lowest BCUT2D eigenvalue weighted by atomic mass is 10.1. The molecule has 0 atom stereocenters. The van der Waals surface area contributed by atoms with Gasteiger partial charge in [-0.3, -0.25) is 4.79 Å². The molecule has 22 heavy (non-hydrogen) atoms. The summed E-state index contributed by atoms with van der Waals surface area (Å²) >= 11 is 0. The smallest absolute Gasteiger partial charge is 0.234 e. The Kier molecular flexibility index (Phi) is 6.60. The zero-order chi connectivity index (χ0) is 15.6. The molecular formula is C16H22N4O2. The molecule has 2 N–H and O–H groups in total. The van der Waals surface area contributed by atoms with Crippen molar-refractivity contribution in [2.24, 2.45) is 0 Å². The summed E-state index contributed by atoms with van der Waals surface area (Å²) in [6.45, 7) is 2.84. The van der Waals surface area contributed by atoms with E-state index in [0.29, 0.717) is 26.2 Å². The van der Waals surface area contributed by atoms with Crippen molar-refractivity contribution in [1.82, 2.24) is 20.2 Å². The first-order valence-electron chi connectivity index (χ1n) is 7.28. The molecule has 0 unspecified atom stereocenters. The van der Waals surface area contributed by atoms with Crippen LogP contribution in [0.3, 0.4) is 0 Å². The summed E-state index contributed by atoms with van der Waals surface area (Å²) in [5, 5.41) is 5.95. The van der Waals surface area contributed by atoms with Crippen molar-refractivity contribution in [2.45, 2.75) is 13.1 Å². The Balaban J connectivity index is 1.83. The van der Waals surface area contributed by atoms with Gasteiger partial charge in [0, 0.05) is 39.1 Å². The molecule has 1 amide bonds. The SMILES string of the molecule is COCCNCC(=O)NCc1ccccc1Cn1ccnc1. The van der Waals surface area contributed by atoms with Crippen molar-refractivity contribution in [3.63, 3.8) is 0 Å². The van der Waals surface area contributed by atoms with Crippen LogP contribution < -0.4 is 10.6 Å². The van der Waals surface area contributed by atoms with Gasteiger partial charge in [0.15, 0.2) is 0 Å². The maximum absolute atomic E-state index is 11.8. The Morgan fingerprint density at radius 1 is 1.32 bits per heavy atom. The van der Waals surface area contributed by atoms with Crippen LogP contribution in [-0.2, 0) is 22.6 Å². The van der Waals surface area contributed by atoms with Gasteiger partial charge in [-0.05, 0) is 11.1 Å². The largest absolute Gasteiger partial charge is 0.383 e. The third-order valence-electron chi connectivity index (χ3n) is 3.28. The van der Waals surface area contributed by atoms with E-state index in [0.717, 1.165) is 12.1 Å². The number of nitrogens with one attached hydrogen (secondary N) is 2. The van der Waals surface area contributed by atoms with Crippen molar-refractivity contribution in [2.75, 3.05) is 26.8 Å². The molecule has 1 aromatic carbocycles. The number of imidazole rings is 1. The summed E-state index contributed by atoms with van der Waals surface area (Å²) in [5.74, 6) is -0.0199. The Hall–Kier alpha value is -2.18. The Morgan fingerprint density at radius 2 is 2.14 bits per heavy atom. The lowest BCUT2D eigenvalue weighted by molar-refractivity contribution is -0.120. The first kappa shape index (κ1) is 16.2. The van der Waals surface area contributed by atoms with E-state index in [9.17, 15) is 4.79 Å². The molecule has 0 bridgehead atoms. The predicted molar refractivity (Wildman–Crippen MR) is 84.4 cm³/mol. The van der Waals surface area contributed by atoms with Crippen LogP contribution in [0.4, 0.5) is 0 Å². The highest BCUT2D eigenvalue weighted by molar-refractivity contribution is 5.78. The second-order valence-corrected chi connectivity index (χ2v) is 4.95. The molecule has 6 nitrogen and oxygen atoms in total. The average molecular weight is 302 g/mol. The summed E-state index contributed by atoms with van der Waals surface area (Å²) in [7, 11) is 1.64. The maximum Gasteiger partial charge on any atom is 0.234 e. The number of hydrogen-bond donors (Lipinski definition) is 2. The molecule has 2 aromatic rings. The molecule has 0 spiro atoms. The zero-order valence-corrected chi connectivity index (χ0v) is 12.8. The second kappa shape index (κ2) is 8.96. The van der Waals surface area contributed by atoms with Crippen LogP contribution in [0.1, 0.15) is 11.1 Å². The van der Waals surface area contributed by atoms with E-state index in [1.54, 1.807) is 19.6 Å². The van der Waals surface area contributed by atoms with Gasteiger partial charge in [0.2, 0.25) is 5.91 Å². The molecule has 0 fully saturated rings. The minimum atomic E-state index is -0.0199. The first-order valence-corrected chi connectivity index (χ1v) is 7.28. The number of benzene rings is 1. The first-order chi connectivity index (χ1) is 10.8. The molecule has 0 saturated carbocycles. The Morgan fingerprint density at radius 3 is 2.86 bits per heavy atom. The standard InChI is InChI=1S/C16H22N4O2/c1-22-9-7-17-11-16(21)19-10-14-4-2-3-5-15(14)12-20-8-6-18-13-20/h2-6,8,13,17H,7,9-12H2,1H3,(H,19,21). The number of ether oxygens (including phenoxy) is 1. The number of carbonyl (C=O) groups is 1. The minimum absolute atomic E-state index is 0.0199. The van der Waals surface area contributed by atoms with Gasteiger partial charge in [0.25, 0.3) is 0 Å². The molecule has 0 radical (unpaired) electrons. The van der Waals surface area contributed by atoms with Crippen molar-refractivity contribution in [3.8, 4) is 0 Å². The zero-order valence-electron chi connectivity index (χ0n) is 12.8. The quantitative estimate of drug-likeness (QED) is 0.672. The van der Waals surface area contributed by atoms with E-state index in [-0.39, 0.29) is 5.91 Å². The Labute approximate surface area is 130 Å². The monoisotopic (exact) mass is 302 g/mol. The van der Waals surface area contributed by atoms with Gasteiger partial charge in [-0.25, -0.2) is 4.98 Å². The van der Waals surface area contributed by atoms with E-state index in [4.69, 9.17) is 4.74 Å². The van der Waals surface area contributed by atoms with Gasteiger partial charge in [0.1, 0.15) is 0 Å². The van der Waals surface area contributed by atoms with Gasteiger partial charge in [-0.1, -0.05) is 24.3 Å². The number of nitrogens with zero attached hydrogens (tertiary/aromatic N) is 2. The molecule has 0 aliphatic carbocycles. The van der Waals surface area contributed by atoms with E-state index < -0.39 is 0 Å². The van der Waals surface area contributed by atoms with Crippen molar-refractivity contribution in [1.29, 1.82) is 0 Å². The number of methoxy groups -OCH3 is 1. The predicted octanol–water partition coefficient (Wildman–Crippen LogP) is 0.784. The fourth-order valence-electron chi connectivity index (χ4n) is 2.09. The van der Waals surface area contributed by atoms with Crippen molar-refractivity contribution < 1.29 is 9.53 Å². The average Bonchev–Trinajstić information content (AvgIpc) is 3.04. The molecule has 118 valence electrons. The summed E-state index contributed by atoms with van der Waals surface area (Å²) in [5.41, 5.74) is 2.29. The van der Waals surface area contributed by atoms with Gasteiger partial charge in [-0.2, -0.15) is 0 Å². The topological polar surface area (TPSA) is 68.2 Å². The van der Waals surface area contributed by atoms with Crippen molar-refractivity contribution >= 4 is 5.91 Å². The number of hydrogen-bond acceptors (Lipinski definition) is 4. The van der Waals surface area contributed by atoms with Crippen molar-refractivity contribution in [3.05, 3.63) is 54.1 Å². The van der Waals surface area contributed by atoms with Crippen LogP contribution in [0.5, 0.6) is 0 Å². The fourth-order valence-corrected chi connectivity index (χ4v) is 2.09. The molecule has 6 heteroatoms. The highest BCUT2D eigenvalue weighted by Gasteiger charge is 2.05. The Bertz CT molecular complexity index is 569. The van der Waals surface area contributed by atoms with Gasteiger partial charge < -0.3 is 19.9 Å². The summed E-state index contributed by atoms with van der Waals surface area (Å²) in [6, 6.07) is 8.09. The lowest BCUT2D eigenvalue weighted by Gasteiger charge is -2.11. The van der Waals surface area contributed by atoms with E-state index >= 15 is 0 Å². The number of amides is 1. The molecule has 0 aliphatic rings. The normalized spacial score (nSPS) is 10.6. The van der Waals surface area contributed by atoms with E-state index in [1.165, 1.54) is 5.56 Å². The van der Waals surface area contributed by atoms with Gasteiger partial charge >= 0.3 is 0 Å². The van der Waals surface area contributed by atoms with Gasteiger partial charge in [0.05, 0.1) is 19.5 Å². The number of carbonyl (C=O) groups excluding carboxylic acids is 1. The summed E-state index contributed by atoms with van der Waals surface area (Å²) in [6.07, 6.45) is 5.47.